The number of benzene rings is 1. The van der Waals surface area contributed by atoms with Gasteiger partial charge in [-0.05, 0) is 29.1 Å². The van der Waals surface area contributed by atoms with Crippen LogP contribution in [0.15, 0.2) is 74.9 Å². The van der Waals surface area contributed by atoms with Gasteiger partial charge in [0.05, 0.1) is 12.8 Å². The van der Waals surface area contributed by atoms with Gasteiger partial charge in [0.15, 0.2) is 5.76 Å². The summed E-state index contributed by atoms with van der Waals surface area (Å²) in [5.74, 6) is -0.701. The number of furan rings is 1. The van der Waals surface area contributed by atoms with Gasteiger partial charge in [0.1, 0.15) is 4.21 Å². The molecule has 0 radical (unpaired) electrons. The predicted octanol–water partition coefficient (Wildman–Crippen LogP) is 3.37. The number of amides is 1. The van der Waals surface area contributed by atoms with Gasteiger partial charge in [0.2, 0.25) is 0 Å². The molecule has 0 aliphatic heterocycles. The molecule has 7 heteroatoms. The maximum atomic E-state index is 12.8. The Bertz CT molecular complexity index is 870. The van der Waals surface area contributed by atoms with Crippen molar-refractivity contribution in [3.8, 4) is 0 Å². The van der Waals surface area contributed by atoms with Crippen molar-refractivity contribution < 1.29 is 17.6 Å². The highest BCUT2D eigenvalue weighted by atomic mass is 32.2. The molecular weight excluding hydrogens is 334 g/mol. The molecule has 0 saturated carbocycles. The Morgan fingerprint density at radius 2 is 1.83 bits per heavy atom. The summed E-state index contributed by atoms with van der Waals surface area (Å²) in [4.78, 5) is 12.6. The van der Waals surface area contributed by atoms with E-state index in [1.807, 2.05) is 6.07 Å². The number of thiophene rings is 1. The van der Waals surface area contributed by atoms with Crippen LogP contribution in [-0.4, -0.2) is 18.6 Å². The van der Waals surface area contributed by atoms with Crippen molar-refractivity contribution in [3.63, 3.8) is 0 Å². The van der Waals surface area contributed by atoms with Gasteiger partial charge in [-0.25, -0.2) is 12.7 Å². The highest BCUT2D eigenvalue weighted by molar-refractivity contribution is 7.91. The lowest BCUT2D eigenvalue weighted by atomic mass is 10.2. The van der Waals surface area contributed by atoms with E-state index >= 15 is 0 Å². The first-order chi connectivity index (χ1) is 11.1. The van der Waals surface area contributed by atoms with Gasteiger partial charge in [0.25, 0.3) is 10.0 Å². The highest BCUT2D eigenvalue weighted by Crippen LogP contribution is 2.24. The summed E-state index contributed by atoms with van der Waals surface area (Å²) in [6.45, 7) is -0.0550. The van der Waals surface area contributed by atoms with E-state index in [-0.39, 0.29) is 16.5 Å². The number of nitrogens with zero attached hydrogens (tertiary/aromatic N) is 1. The maximum absolute atomic E-state index is 12.8. The van der Waals surface area contributed by atoms with Crippen LogP contribution in [0.1, 0.15) is 16.1 Å². The summed E-state index contributed by atoms with van der Waals surface area (Å²) < 4.78 is 31.6. The molecule has 0 aliphatic carbocycles. The summed E-state index contributed by atoms with van der Waals surface area (Å²) in [5.41, 5.74) is 0.715. The third-order valence-corrected chi connectivity index (χ3v) is 6.27. The molecule has 1 aromatic carbocycles. The minimum atomic E-state index is -3.94. The summed E-state index contributed by atoms with van der Waals surface area (Å²) in [6, 6.07) is 15.1. The molecule has 0 atom stereocenters. The summed E-state index contributed by atoms with van der Waals surface area (Å²) >= 11 is 1.07. The van der Waals surface area contributed by atoms with E-state index < -0.39 is 15.9 Å². The Morgan fingerprint density at radius 3 is 2.43 bits per heavy atom. The quantitative estimate of drug-likeness (QED) is 0.710. The summed E-state index contributed by atoms with van der Waals surface area (Å²) in [6.07, 6.45) is 1.34. The Morgan fingerprint density at radius 1 is 1.04 bits per heavy atom. The minimum absolute atomic E-state index is 0.0129. The normalized spacial score (nSPS) is 11.3. The minimum Gasteiger partial charge on any atom is -0.459 e. The second-order valence-electron chi connectivity index (χ2n) is 4.71. The summed E-state index contributed by atoms with van der Waals surface area (Å²) in [5, 5.41) is 1.66. The number of sulfonamides is 1. The van der Waals surface area contributed by atoms with Gasteiger partial charge >= 0.3 is 5.91 Å². The highest BCUT2D eigenvalue weighted by Gasteiger charge is 2.32. The van der Waals surface area contributed by atoms with Crippen LogP contribution in [0, 0.1) is 0 Å². The van der Waals surface area contributed by atoms with Gasteiger partial charge in [-0.3, -0.25) is 4.79 Å². The smallest absolute Gasteiger partial charge is 0.303 e. The lowest BCUT2D eigenvalue weighted by molar-refractivity contribution is 0.0825. The average Bonchev–Trinajstić information content (AvgIpc) is 3.25. The summed E-state index contributed by atoms with van der Waals surface area (Å²) in [7, 11) is -3.94. The number of rotatable bonds is 5. The maximum Gasteiger partial charge on any atom is 0.303 e. The van der Waals surface area contributed by atoms with Crippen molar-refractivity contribution in [1.29, 1.82) is 0 Å². The molecule has 2 heterocycles. The largest absolute Gasteiger partial charge is 0.459 e. The van der Waals surface area contributed by atoms with Crippen LogP contribution in [0.3, 0.4) is 0 Å². The van der Waals surface area contributed by atoms with E-state index in [9.17, 15) is 13.2 Å². The second kappa shape index (κ2) is 6.39. The van der Waals surface area contributed by atoms with Crippen LogP contribution in [0.2, 0.25) is 0 Å². The molecular formula is C16H13NO4S2. The first kappa shape index (κ1) is 15.5. The van der Waals surface area contributed by atoms with E-state index in [0.717, 1.165) is 15.6 Å². The lowest BCUT2D eigenvalue weighted by Crippen LogP contribution is -2.35. The molecule has 0 aliphatic rings. The van der Waals surface area contributed by atoms with E-state index in [4.69, 9.17) is 4.42 Å². The van der Waals surface area contributed by atoms with E-state index in [1.54, 1.807) is 41.8 Å². The lowest BCUT2D eigenvalue weighted by Gasteiger charge is -2.20. The second-order valence-corrected chi connectivity index (χ2v) is 7.75. The Kier molecular flexibility index (Phi) is 4.31. The van der Waals surface area contributed by atoms with Crippen LogP contribution in [0.5, 0.6) is 0 Å². The molecule has 0 saturated heterocycles. The number of carbonyl (C=O) groups excluding carboxylic acids is 1. The van der Waals surface area contributed by atoms with Gasteiger partial charge < -0.3 is 4.42 Å². The Hall–Kier alpha value is -2.38. The first-order valence-corrected chi connectivity index (χ1v) is 9.09. The van der Waals surface area contributed by atoms with Crippen LogP contribution in [-0.2, 0) is 16.6 Å². The zero-order chi connectivity index (χ0) is 16.3. The van der Waals surface area contributed by atoms with E-state index in [1.165, 1.54) is 18.4 Å². The first-order valence-electron chi connectivity index (χ1n) is 6.77. The van der Waals surface area contributed by atoms with Crippen LogP contribution in [0.4, 0.5) is 0 Å². The molecule has 0 bridgehead atoms. The fourth-order valence-electron chi connectivity index (χ4n) is 2.06. The van der Waals surface area contributed by atoms with Gasteiger partial charge in [-0.1, -0.05) is 36.4 Å². The Labute approximate surface area is 137 Å². The molecule has 0 spiro atoms. The number of hydrogen-bond acceptors (Lipinski definition) is 5. The number of hydrogen-bond donors (Lipinski definition) is 0. The van der Waals surface area contributed by atoms with Gasteiger partial charge in [-0.15, -0.1) is 11.3 Å². The standard InChI is InChI=1S/C16H13NO4S2/c18-16(14-8-4-10-21-14)17(12-13-6-2-1-3-7-13)23(19,20)15-9-5-11-22-15/h1-11H,12H2. The fraction of sp³-hybridized carbons (Fsp3) is 0.0625. The molecule has 0 fully saturated rings. The van der Waals surface area contributed by atoms with Gasteiger partial charge in [-0.2, -0.15) is 0 Å². The van der Waals surface area contributed by atoms with Crippen molar-refractivity contribution in [3.05, 3.63) is 77.6 Å². The molecule has 3 aromatic rings. The van der Waals surface area contributed by atoms with E-state index in [0.29, 0.717) is 5.56 Å². The van der Waals surface area contributed by atoms with Crippen molar-refractivity contribution in [2.24, 2.45) is 0 Å². The zero-order valence-corrected chi connectivity index (χ0v) is 13.6. The van der Waals surface area contributed by atoms with Crippen molar-refractivity contribution in [2.45, 2.75) is 10.8 Å². The van der Waals surface area contributed by atoms with Crippen LogP contribution < -0.4 is 0 Å². The van der Waals surface area contributed by atoms with Gasteiger partial charge in [0, 0.05) is 0 Å². The molecule has 23 heavy (non-hydrogen) atoms. The Balaban J connectivity index is 2.02. The molecule has 0 unspecified atom stereocenters. The molecule has 0 N–H and O–H groups in total. The van der Waals surface area contributed by atoms with Crippen molar-refractivity contribution in [1.82, 2.24) is 4.31 Å². The fourth-order valence-corrected chi connectivity index (χ4v) is 4.52. The third-order valence-electron chi connectivity index (χ3n) is 3.17. The monoisotopic (exact) mass is 347 g/mol. The average molecular weight is 347 g/mol. The molecule has 3 rings (SSSR count). The molecule has 118 valence electrons. The third kappa shape index (κ3) is 3.20. The zero-order valence-electron chi connectivity index (χ0n) is 12.0. The van der Waals surface area contributed by atoms with Crippen molar-refractivity contribution >= 4 is 27.3 Å². The predicted molar refractivity (Wildman–Crippen MR) is 86.5 cm³/mol. The van der Waals surface area contributed by atoms with Crippen molar-refractivity contribution in [2.75, 3.05) is 0 Å². The molecule has 5 nitrogen and oxygen atoms in total. The van der Waals surface area contributed by atoms with Crippen LogP contribution in [0.25, 0.3) is 0 Å². The number of carbonyl (C=O) groups is 1. The van der Waals surface area contributed by atoms with E-state index in [2.05, 4.69) is 0 Å². The molecule has 2 aromatic heterocycles. The SMILES string of the molecule is O=C(c1ccco1)N(Cc1ccccc1)S(=O)(=O)c1cccs1. The molecule has 1 amide bonds. The topological polar surface area (TPSA) is 67.6 Å². The van der Waals surface area contributed by atoms with Crippen LogP contribution >= 0.6 is 11.3 Å².